The first-order valence-corrected chi connectivity index (χ1v) is 6.28. The van der Waals surface area contributed by atoms with Gasteiger partial charge in [0.05, 0.1) is 11.2 Å². The Hall–Kier alpha value is -1.06. The molecule has 1 aromatic heterocycles. The Morgan fingerprint density at radius 1 is 1.35 bits per heavy atom. The monoisotopic (exact) mass is 251 g/mol. The fourth-order valence-electron chi connectivity index (χ4n) is 1.79. The van der Waals surface area contributed by atoms with Gasteiger partial charge in [-0.2, -0.15) is 5.10 Å². The highest BCUT2D eigenvalue weighted by Gasteiger charge is 2.16. The van der Waals surface area contributed by atoms with Crippen molar-refractivity contribution >= 4 is 22.5 Å². The summed E-state index contributed by atoms with van der Waals surface area (Å²) >= 11 is 5.89. The molecule has 0 unspecified atom stereocenters. The number of hydrogen-bond donors (Lipinski definition) is 1. The number of nitrogens with one attached hydrogen (secondary N) is 1. The van der Waals surface area contributed by atoms with Gasteiger partial charge in [-0.1, -0.05) is 18.2 Å². The van der Waals surface area contributed by atoms with Crippen LogP contribution in [0, 0.1) is 0 Å². The Labute approximate surface area is 107 Å². The van der Waals surface area contributed by atoms with Crippen molar-refractivity contribution < 1.29 is 0 Å². The van der Waals surface area contributed by atoms with Crippen molar-refractivity contribution in [2.24, 2.45) is 7.05 Å². The third-order valence-electron chi connectivity index (χ3n) is 2.90. The minimum absolute atomic E-state index is 0.0693. The standard InChI is InChI=1S/C13H18ClN3/c1-13(2,9-14)15-8-11-10-6-4-5-7-12(10)17(3)16-11/h4-7,15H,8-9H2,1-3H3. The van der Waals surface area contributed by atoms with Crippen LogP contribution >= 0.6 is 11.6 Å². The first-order chi connectivity index (χ1) is 8.03. The number of alkyl halides is 1. The van der Waals surface area contributed by atoms with E-state index in [0.29, 0.717) is 5.88 Å². The molecule has 3 nitrogen and oxygen atoms in total. The van der Waals surface area contributed by atoms with Crippen LogP contribution in [0.5, 0.6) is 0 Å². The third-order valence-corrected chi connectivity index (χ3v) is 3.57. The molecule has 0 atom stereocenters. The van der Waals surface area contributed by atoms with Crippen LogP contribution in [-0.2, 0) is 13.6 Å². The molecule has 2 rings (SSSR count). The Morgan fingerprint density at radius 3 is 2.76 bits per heavy atom. The zero-order valence-electron chi connectivity index (χ0n) is 10.5. The Morgan fingerprint density at radius 2 is 2.06 bits per heavy atom. The highest BCUT2D eigenvalue weighted by Crippen LogP contribution is 2.18. The number of aromatic nitrogens is 2. The van der Waals surface area contributed by atoms with E-state index in [0.717, 1.165) is 17.8 Å². The van der Waals surface area contributed by atoms with Gasteiger partial charge in [-0.3, -0.25) is 4.68 Å². The zero-order chi connectivity index (χ0) is 12.5. The fraction of sp³-hybridized carbons (Fsp3) is 0.462. The number of aryl methyl sites for hydroxylation is 1. The quantitative estimate of drug-likeness (QED) is 0.847. The van der Waals surface area contributed by atoms with Crippen molar-refractivity contribution in [3.8, 4) is 0 Å². The van der Waals surface area contributed by atoms with E-state index < -0.39 is 0 Å². The van der Waals surface area contributed by atoms with Gasteiger partial charge in [-0.05, 0) is 19.9 Å². The van der Waals surface area contributed by atoms with Crippen LogP contribution in [0.2, 0.25) is 0 Å². The number of rotatable bonds is 4. The van der Waals surface area contributed by atoms with Gasteiger partial charge in [0.1, 0.15) is 0 Å². The molecule has 2 aromatic rings. The Bertz CT molecular complexity index is 516. The van der Waals surface area contributed by atoms with Gasteiger partial charge < -0.3 is 5.32 Å². The minimum atomic E-state index is -0.0693. The normalized spacial score (nSPS) is 12.2. The summed E-state index contributed by atoms with van der Waals surface area (Å²) in [5, 5.41) is 9.16. The Kier molecular flexibility index (Phi) is 3.40. The maximum Gasteiger partial charge on any atom is 0.0841 e. The summed E-state index contributed by atoms with van der Waals surface area (Å²) in [7, 11) is 1.97. The third kappa shape index (κ3) is 2.61. The molecule has 0 aliphatic heterocycles. The lowest BCUT2D eigenvalue weighted by molar-refractivity contribution is 0.426. The van der Waals surface area contributed by atoms with Crippen molar-refractivity contribution in [3.63, 3.8) is 0 Å². The maximum absolute atomic E-state index is 5.89. The van der Waals surface area contributed by atoms with E-state index in [1.54, 1.807) is 0 Å². The van der Waals surface area contributed by atoms with E-state index in [2.05, 4.69) is 36.4 Å². The van der Waals surface area contributed by atoms with Crippen molar-refractivity contribution in [1.29, 1.82) is 0 Å². The zero-order valence-corrected chi connectivity index (χ0v) is 11.3. The topological polar surface area (TPSA) is 29.9 Å². The summed E-state index contributed by atoms with van der Waals surface area (Å²) < 4.78 is 1.92. The average Bonchev–Trinajstić information content (AvgIpc) is 2.65. The van der Waals surface area contributed by atoms with Crippen LogP contribution in [0.4, 0.5) is 0 Å². The molecule has 0 aliphatic rings. The van der Waals surface area contributed by atoms with Crippen LogP contribution < -0.4 is 5.32 Å². The lowest BCUT2D eigenvalue weighted by Gasteiger charge is -2.22. The smallest absolute Gasteiger partial charge is 0.0841 e. The van der Waals surface area contributed by atoms with Gasteiger partial charge in [0.2, 0.25) is 0 Å². The Balaban J connectivity index is 2.25. The molecule has 1 aromatic carbocycles. The first kappa shape index (κ1) is 12.4. The number of fused-ring (bicyclic) bond motifs is 1. The van der Waals surface area contributed by atoms with E-state index in [1.807, 2.05) is 23.9 Å². The molecule has 0 saturated carbocycles. The molecular weight excluding hydrogens is 234 g/mol. The second-order valence-electron chi connectivity index (χ2n) is 4.96. The van der Waals surface area contributed by atoms with Crippen LogP contribution in [0.1, 0.15) is 19.5 Å². The van der Waals surface area contributed by atoms with Crippen LogP contribution in [0.15, 0.2) is 24.3 Å². The number of hydrogen-bond acceptors (Lipinski definition) is 2. The molecule has 0 radical (unpaired) electrons. The first-order valence-electron chi connectivity index (χ1n) is 5.75. The predicted molar refractivity (Wildman–Crippen MR) is 72.4 cm³/mol. The summed E-state index contributed by atoms with van der Waals surface area (Å²) in [5.74, 6) is 0.581. The van der Waals surface area contributed by atoms with Gasteiger partial charge >= 0.3 is 0 Å². The van der Waals surface area contributed by atoms with Crippen molar-refractivity contribution in [2.75, 3.05) is 5.88 Å². The van der Waals surface area contributed by atoms with E-state index in [-0.39, 0.29) is 5.54 Å². The molecule has 17 heavy (non-hydrogen) atoms. The molecule has 1 heterocycles. The molecule has 0 amide bonds. The average molecular weight is 252 g/mol. The van der Waals surface area contributed by atoms with Crippen LogP contribution in [0.3, 0.4) is 0 Å². The van der Waals surface area contributed by atoms with E-state index in [1.165, 1.54) is 5.39 Å². The molecule has 0 aliphatic carbocycles. The summed E-state index contributed by atoms with van der Waals surface area (Å²) in [6, 6.07) is 8.26. The lowest BCUT2D eigenvalue weighted by atomic mass is 10.1. The van der Waals surface area contributed by atoms with Gasteiger partial charge in [0.15, 0.2) is 0 Å². The summed E-state index contributed by atoms with van der Waals surface area (Å²) in [4.78, 5) is 0. The van der Waals surface area contributed by atoms with E-state index in [9.17, 15) is 0 Å². The summed E-state index contributed by atoms with van der Waals surface area (Å²) in [6.45, 7) is 4.91. The van der Waals surface area contributed by atoms with Crippen LogP contribution in [-0.4, -0.2) is 21.2 Å². The SMILES string of the molecule is Cn1nc(CNC(C)(C)CCl)c2ccccc21. The van der Waals surface area contributed by atoms with Crippen molar-refractivity contribution in [3.05, 3.63) is 30.0 Å². The second kappa shape index (κ2) is 4.67. The summed E-state index contributed by atoms with van der Waals surface area (Å²) in [6.07, 6.45) is 0. The van der Waals surface area contributed by atoms with Crippen LogP contribution in [0.25, 0.3) is 10.9 Å². The molecule has 1 N–H and O–H groups in total. The van der Waals surface area contributed by atoms with Gasteiger partial charge in [0, 0.05) is 30.4 Å². The minimum Gasteiger partial charge on any atom is -0.305 e. The summed E-state index contributed by atoms with van der Waals surface area (Å²) in [5.41, 5.74) is 2.16. The maximum atomic E-state index is 5.89. The highest BCUT2D eigenvalue weighted by molar-refractivity contribution is 6.18. The fourth-order valence-corrected chi connectivity index (χ4v) is 1.88. The number of para-hydroxylation sites is 1. The number of nitrogens with zero attached hydrogens (tertiary/aromatic N) is 2. The molecule has 0 spiro atoms. The molecule has 92 valence electrons. The lowest BCUT2D eigenvalue weighted by Crippen LogP contribution is -2.40. The van der Waals surface area contributed by atoms with Gasteiger partial charge in [-0.25, -0.2) is 0 Å². The molecule has 0 bridgehead atoms. The van der Waals surface area contributed by atoms with Gasteiger partial charge in [-0.15, -0.1) is 11.6 Å². The highest BCUT2D eigenvalue weighted by atomic mass is 35.5. The van der Waals surface area contributed by atoms with E-state index in [4.69, 9.17) is 11.6 Å². The molecule has 0 fully saturated rings. The predicted octanol–water partition coefficient (Wildman–Crippen LogP) is 2.68. The second-order valence-corrected chi connectivity index (χ2v) is 5.23. The van der Waals surface area contributed by atoms with E-state index >= 15 is 0 Å². The molecule has 4 heteroatoms. The molecular formula is C13H18ClN3. The van der Waals surface area contributed by atoms with Crippen molar-refractivity contribution in [1.82, 2.24) is 15.1 Å². The molecule has 0 saturated heterocycles. The van der Waals surface area contributed by atoms with Crippen molar-refractivity contribution in [2.45, 2.75) is 25.9 Å². The number of halogens is 1. The number of benzene rings is 1. The largest absolute Gasteiger partial charge is 0.305 e. The van der Waals surface area contributed by atoms with Gasteiger partial charge in [0.25, 0.3) is 0 Å².